The zero-order valence-corrected chi connectivity index (χ0v) is 12.5. The van der Waals surface area contributed by atoms with Crippen molar-refractivity contribution in [3.8, 4) is 0 Å². The summed E-state index contributed by atoms with van der Waals surface area (Å²) in [5.74, 6) is -1.50. The van der Waals surface area contributed by atoms with Crippen LogP contribution in [0.3, 0.4) is 0 Å². The van der Waals surface area contributed by atoms with Crippen molar-refractivity contribution in [2.24, 2.45) is 0 Å². The first kappa shape index (κ1) is 15.4. The number of nitrogens with one attached hydrogen (secondary N) is 1. The van der Waals surface area contributed by atoms with Crippen molar-refractivity contribution in [3.63, 3.8) is 0 Å². The Labute approximate surface area is 120 Å². The van der Waals surface area contributed by atoms with E-state index in [1.165, 1.54) is 0 Å². The van der Waals surface area contributed by atoms with Crippen molar-refractivity contribution in [1.29, 1.82) is 0 Å². The molecule has 0 aromatic heterocycles. The molecule has 2 nitrogen and oxygen atoms in total. The first-order valence-electron chi connectivity index (χ1n) is 7.29. The van der Waals surface area contributed by atoms with Crippen LogP contribution in [0.1, 0.15) is 39.2 Å². The van der Waals surface area contributed by atoms with Crippen molar-refractivity contribution in [1.82, 2.24) is 10.2 Å². The van der Waals surface area contributed by atoms with E-state index in [0.717, 1.165) is 32.0 Å². The highest BCUT2D eigenvalue weighted by Gasteiger charge is 2.26. The van der Waals surface area contributed by atoms with Gasteiger partial charge in [-0.3, -0.25) is 4.90 Å². The Bertz CT molecular complexity index is 446. The number of nitrogens with zero attached hydrogens (tertiary/aromatic N) is 1. The van der Waals surface area contributed by atoms with Gasteiger partial charge in [0, 0.05) is 36.8 Å². The summed E-state index contributed by atoms with van der Waals surface area (Å²) in [5, 5.41) is 3.34. The van der Waals surface area contributed by atoms with E-state index in [0.29, 0.717) is 18.2 Å². The van der Waals surface area contributed by atoms with Gasteiger partial charge in [0.15, 0.2) is 11.6 Å². The molecule has 2 rings (SSSR count). The van der Waals surface area contributed by atoms with Crippen molar-refractivity contribution >= 4 is 0 Å². The van der Waals surface area contributed by atoms with Crippen LogP contribution in [-0.4, -0.2) is 29.6 Å². The molecule has 1 aliphatic rings. The lowest BCUT2D eigenvalue weighted by Crippen LogP contribution is -2.49. The van der Waals surface area contributed by atoms with Gasteiger partial charge in [0.05, 0.1) is 0 Å². The average Bonchev–Trinajstić information content (AvgIpc) is 2.40. The molecule has 20 heavy (non-hydrogen) atoms. The number of likely N-dealkylation sites (tertiary alicyclic amines) is 1. The smallest absolute Gasteiger partial charge is 0.163 e. The highest BCUT2D eigenvalue weighted by atomic mass is 19.2. The maximum Gasteiger partial charge on any atom is 0.163 e. The molecule has 0 radical (unpaired) electrons. The van der Waals surface area contributed by atoms with Gasteiger partial charge < -0.3 is 5.32 Å². The van der Waals surface area contributed by atoms with Gasteiger partial charge in [0.2, 0.25) is 0 Å². The summed E-state index contributed by atoms with van der Waals surface area (Å²) in [7, 11) is 0. The lowest BCUT2D eigenvalue weighted by molar-refractivity contribution is 0.0959. The molecule has 1 N–H and O–H groups in total. The quantitative estimate of drug-likeness (QED) is 0.915. The number of benzene rings is 1. The summed E-state index contributed by atoms with van der Waals surface area (Å²) in [6.07, 6.45) is 2.10. The van der Waals surface area contributed by atoms with E-state index >= 15 is 0 Å². The first-order chi connectivity index (χ1) is 9.38. The van der Waals surface area contributed by atoms with Crippen LogP contribution in [0.25, 0.3) is 0 Å². The summed E-state index contributed by atoms with van der Waals surface area (Å²) < 4.78 is 26.7. The van der Waals surface area contributed by atoms with Gasteiger partial charge in [0.25, 0.3) is 0 Å². The number of hydrogen-bond donors (Lipinski definition) is 1. The molecule has 0 aliphatic carbocycles. The van der Waals surface area contributed by atoms with Crippen molar-refractivity contribution in [2.75, 3.05) is 13.1 Å². The number of piperidine rings is 1. The standard InChI is InChI=1S/C16H24F2N2/c1-16(2,3)20-9-7-13(8-10-20)19-11-12-5-4-6-14(17)15(12)18/h4-6,13,19H,7-11H2,1-3H3. The summed E-state index contributed by atoms with van der Waals surface area (Å²) in [5.41, 5.74) is 0.614. The fourth-order valence-corrected chi connectivity index (χ4v) is 2.69. The molecule has 0 atom stereocenters. The molecule has 112 valence electrons. The van der Waals surface area contributed by atoms with E-state index in [-0.39, 0.29) is 5.54 Å². The predicted molar refractivity (Wildman–Crippen MR) is 77.5 cm³/mol. The molecule has 1 saturated heterocycles. The topological polar surface area (TPSA) is 15.3 Å². The SMILES string of the molecule is CC(C)(C)N1CCC(NCc2cccc(F)c2F)CC1. The molecule has 0 saturated carbocycles. The molecule has 1 aliphatic heterocycles. The Morgan fingerprint density at radius 3 is 2.45 bits per heavy atom. The van der Waals surface area contributed by atoms with Crippen molar-refractivity contribution in [3.05, 3.63) is 35.4 Å². The first-order valence-corrected chi connectivity index (χ1v) is 7.29. The third-order valence-corrected chi connectivity index (χ3v) is 4.06. The van der Waals surface area contributed by atoms with Gasteiger partial charge in [-0.25, -0.2) is 8.78 Å². The minimum absolute atomic E-state index is 0.208. The molecule has 1 aromatic rings. The van der Waals surface area contributed by atoms with Gasteiger partial charge in [-0.05, 0) is 39.7 Å². The normalized spacial score (nSPS) is 18.4. The van der Waals surface area contributed by atoms with Crippen LogP contribution in [0.2, 0.25) is 0 Å². The van der Waals surface area contributed by atoms with E-state index < -0.39 is 11.6 Å². The van der Waals surface area contributed by atoms with Crippen LogP contribution in [-0.2, 0) is 6.54 Å². The second kappa shape index (κ2) is 6.19. The average molecular weight is 282 g/mol. The number of rotatable bonds is 3. The van der Waals surface area contributed by atoms with Crippen LogP contribution < -0.4 is 5.32 Å². The molecule has 0 bridgehead atoms. The van der Waals surface area contributed by atoms with Gasteiger partial charge in [-0.15, -0.1) is 0 Å². The largest absolute Gasteiger partial charge is 0.310 e. The fraction of sp³-hybridized carbons (Fsp3) is 0.625. The van der Waals surface area contributed by atoms with E-state index in [1.54, 1.807) is 12.1 Å². The molecule has 0 unspecified atom stereocenters. The number of hydrogen-bond acceptors (Lipinski definition) is 2. The molecule has 0 spiro atoms. The Hall–Kier alpha value is -1.00. The zero-order chi connectivity index (χ0) is 14.8. The Balaban J connectivity index is 1.83. The van der Waals surface area contributed by atoms with E-state index in [2.05, 4.69) is 31.0 Å². The summed E-state index contributed by atoms with van der Waals surface area (Å²) in [4.78, 5) is 2.47. The molecule has 1 fully saturated rings. The molecule has 1 heterocycles. The Morgan fingerprint density at radius 2 is 1.85 bits per heavy atom. The van der Waals surface area contributed by atoms with Crippen LogP contribution in [0.4, 0.5) is 8.78 Å². The third kappa shape index (κ3) is 3.76. The fourth-order valence-electron chi connectivity index (χ4n) is 2.69. The van der Waals surface area contributed by atoms with E-state index in [4.69, 9.17) is 0 Å². The van der Waals surface area contributed by atoms with E-state index in [1.807, 2.05) is 0 Å². The van der Waals surface area contributed by atoms with Crippen LogP contribution in [0, 0.1) is 11.6 Å². The maximum atomic E-state index is 13.6. The maximum absolute atomic E-state index is 13.6. The minimum Gasteiger partial charge on any atom is -0.310 e. The predicted octanol–water partition coefficient (Wildman–Crippen LogP) is 3.32. The van der Waals surface area contributed by atoms with Gasteiger partial charge in [-0.2, -0.15) is 0 Å². The van der Waals surface area contributed by atoms with E-state index in [9.17, 15) is 8.78 Å². The second-order valence-corrected chi connectivity index (χ2v) is 6.53. The summed E-state index contributed by atoms with van der Waals surface area (Å²) in [6.45, 7) is 9.16. The van der Waals surface area contributed by atoms with Crippen molar-refractivity contribution < 1.29 is 8.78 Å². The van der Waals surface area contributed by atoms with Crippen LogP contribution in [0.15, 0.2) is 18.2 Å². The second-order valence-electron chi connectivity index (χ2n) is 6.53. The van der Waals surface area contributed by atoms with Gasteiger partial charge >= 0.3 is 0 Å². The molecule has 0 amide bonds. The van der Waals surface area contributed by atoms with Crippen LogP contribution in [0.5, 0.6) is 0 Å². The van der Waals surface area contributed by atoms with Crippen LogP contribution >= 0.6 is 0 Å². The van der Waals surface area contributed by atoms with Crippen molar-refractivity contribution in [2.45, 2.75) is 51.7 Å². The lowest BCUT2D eigenvalue weighted by atomic mass is 9.98. The lowest BCUT2D eigenvalue weighted by Gasteiger charge is -2.41. The monoisotopic (exact) mass is 282 g/mol. The third-order valence-electron chi connectivity index (χ3n) is 4.06. The van der Waals surface area contributed by atoms with Gasteiger partial charge in [-0.1, -0.05) is 12.1 Å². The Kier molecular flexibility index (Phi) is 4.76. The summed E-state index contributed by atoms with van der Waals surface area (Å²) in [6, 6.07) is 4.73. The molecular formula is C16H24F2N2. The molecular weight excluding hydrogens is 258 g/mol. The highest BCUT2D eigenvalue weighted by Crippen LogP contribution is 2.20. The zero-order valence-electron chi connectivity index (χ0n) is 12.5. The number of halogens is 2. The van der Waals surface area contributed by atoms with Gasteiger partial charge in [0.1, 0.15) is 0 Å². The minimum atomic E-state index is -0.771. The molecule has 4 heteroatoms. The Morgan fingerprint density at radius 1 is 1.20 bits per heavy atom. The summed E-state index contributed by atoms with van der Waals surface area (Å²) >= 11 is 0. The molecule has 1 aromatic carbocycles. The highest BCUT2D eigenvalue weighted by molar-refractivity contribution is 5.18.